The lowest BCUT2D eigenvalue weighted by molar-refractivity contribution is 0.478. The Labute approximate surface area is 138 Å². The Balaban J connectivity index is 1.76. The highest BCUT2D eigenvalue weighted by atomic mass is 16.5. The molecule has 4 nitrogen and oxygen atoms in total. The van der Waals surface area contributed by atoms with Crippen molar-refractivity contribution >= 4 is 32.9 Å². The van der Waals surface area contributed by atoms with Crippen molar-refractivity contribution in [1.29, 1.82) is 0 Å². The van der Waals surface area contributed by atoms with Crippen LogP contribution in [0.4, 0.5) is 11.4 Å². The average Bonchev–Trinajstić information content (AvgIpc) is 2.59. The number of anilines is 2. The number of phenolic OH excluding ortho intramolecular Hbond substituents is 1. The fourth-order valence-electron chi connectivity index (χ4n) is 2.84. The van der Waals surface area contributed by atoms with Crippen molar-refractivity contribution in [1.82, 2.24) is 0 Å². The summed E-state index contributed by atoms with van der Waals surface area (Å²) in [5.74, 6) is 1.31. The minimum atomic E-state index is 0.0601. The topological polar surface area (TPSA) is 81.5 Å². The van der Waals surface area contributed by atoms with E-state index in [9.17, 15) is 5.11 Å². The van der Waals surface area contributed by atoms with E-state index >= 15 is 0 Å². The molecule has 0 bridgehead atoms. The first kappa shape index (κ1) is 14.2. The predicted octanol–water partition coefficient (Wildman–Crippen LogP) is 4.66. The molecule has 118 valence electrons. The van der Waals surface area contributed by atoms with Crippen molar-refractivity contribution in [3.05, 3.63) is 66.7 Å². The molecule has 0 aliphatic carbocycles. The molecule has 0 atom stereocenters. The van der Waals surface area contributed by atoms with Crippen LogP contribution in [0.5, 0.6) is 17.2 Å². The van der Waals surface area contributed by atoms with Gasteiger partial charge in [0.1, 0.15) is 11.5 Å². The number of nitrogens with two attached hydrogens (primary N) is 2. The second kappa shape index (κ2) is 5.35. The molecule has 5 N–H and O–H groups in total. The Morgan fingerprint density at radius 1 is 0.750 bits per heavy atom. The Bertz CT molecular complexity index is 1070. The molecule has 4 rings (SSSR count). The fourth-order valence-corrected chi connectivity index (χ4v) is 2.84. The van der Waals surface area contributed by atoms with Gasteiger partial charge in [-0.3, -0.25) is 0 Å². The maximum Gasteiger partial charge on any atom is 0.150 e. The quantitative estimate of drug-likeness (QED) is 0.371. The number of hydrogen-bond donors (Lipinski definition) is 3. The standard InChI is InChI=1S/C20H16N2O2/c21-17-10-13-5-7-15(9-14(13)11-18(17)23)24-19-8-6-12-3-1-2-4-16(12)20(19)22/h1-11,23H,21-22H2. The molecule has 0 fully saturated rings. The van der Waals surface area contributed by atoms with Gasteiger partial charge in [0.2, 0.25) is 0 Å². The van der Waals surface area contributed by atoms with Gasteiger partial charge < -0.3 is 21.3 Å². The first-order chi connectivity index (χ1) is 11.6. The highest BCUT2D eigenvalue weighted by molar-refractivity contribution is 5.96. The van der Waals surface area contributed by atoms with Crippen LogP contribution in [0.15, 0.2) is 66.7 Å². The molecule has 24 heavy (non-hydrogen) atoms. The zero-order chi connectivity index (χ0) is 16.7. The predicted molar refractivity (Wildman–Crippen MR) is 98.5 cm³/mol. The number of rotatable bonds is 2. The maximum absolute atomic E-state index is 9.77. The lowest BCUT2D eigenvalue weighted by atomic mass is 10.1. The van der Waals surface area contributed by atoms with Gasteiger partial charge in [0.05, 0.1) is 11.4 Å². The fraction of sp³-hybridized carbons (Fsp3) is 0. The normalized spacial score (nSPS) is 11.0. The zero-order valence-corrected chi connectivity index (χ0v) is 12.9. The summed E-state index contributed by atoms with van der Waals surface area (Å²) >= 11 is 0. The van der Waals surface area contributed by atoms with E-state index in [1.54, 1.807) is 12.1 Å². The van der Waals surface area contributed by atoms with Crippen LogP contribution in [-0.4, -0.2) is 5.11 Å². The molecule has 4 aromatic rings. The molecule has 0 unspecified atom stereocenters. The van der Waals surface area contributed by atoms with Gasteiger partial charge in [0.25, 0.3) is 0 Å². The van der Waals surface area contributed by atoms with Crippen molar-refractivity contribution < 1.29 is 9.84 Å². The summed E-state index contributed by atoms with van der Waals surface area (Å²) in [5.41, 5.74) is 12.9. The Morgan fingerprint density at radius 2 is 1.54 bits per heavy atom. The number of hydrogen-bond acceptors (Lipinski definition) is 4. The minimum Gasteiger partial charge on any atom is -0.506 e. The first-order valence-electron chi connectivity index (χ1n) is 7.59. The first-order valence-corrected chi connectivity index (χ1v) is 7.59. The molecular weight excluding hydrogens is 300 g/mol. The molecule has 0 saturated heterocycles. The summed E-state index contributed by atoms with van der Waals surface area (Å²) in [5, 5.41) is 13.6. The number of fused-ring (bicyclic) bond motifs is 2. The van der Waals surface area contributed by atoms with Crippen molar-refractivity contribution in [3.8, 4) is 17.2 Å². The van der Waals surface area contributed by atoms with E-state index in [0.717, 1.165) is 21.5 Å². The van der Waals surface area contributed by atoms with Crippen LogP contribution in [-0.2, 0) is 0 Å². The van der Waals surface area contributed by atoms with E-state index in [1.165, 1.54) is 0 Å². The Hall–Kier alpha value is -3.40. The van der Waals surface area contributed by atoms with E-state index < -0.39 is 0 Å². The number of benzene rings is 4. The van der Waals surface area contributed by atoms with Gasteiger partial charge in [-0.05, 0) is 46.5 Å². The van der Waals surface area contributed by atoms with Gasteiger partial charge in [-0.25, -0.2) is 0 Å². The summed E-state index contributed by atoms with van der Waals surface area (Å²) < 4.78 is 5.96. The van der Waals surface area contributed by atoms with E-state index in [0.29, 0.717) is 22.9 Å². The van der Waals surface area contributed by atoms with Gasteiger partial charge in [-0.1, -0.05) is 36.4 Å². The molecule has 0 aromatic heterocycles. The van der Waals surface area contributed by atoms with Crippen LogP contribution in [0.1, 0.15) is 0 Å². The van der Waals surface area contributed by atoms with Crippen LogP contribution in [0.3, 0.4) is 0 Å². The molecule has 0 spiro atoms. The van der Waals surface area contributed by atoms with Gasteiger partial charge in [0.15, 0.2) is 5.75 Å². The summed E-state index contributed by atoms with van der Waals surface area (Å²) in [6.07, 6.45) is 0. The molecule has 4 aromatic carbocycles. The number of aromatic hydroxyl groups is 1. The lowest BCUT2D eigenvalue weighted by Crippen LogP contribution is -1.93. The maximum atomic E-state index is 9.77. The summed E-state index contributed by atoms with van der Waals surface area (Å²) in [6, 6.07) is 20.7. The van der Waals surface area contributed by atoms with E-state index in [4.69, 9.17) is 16.2 Å². The van der Waals surface area contributed by atoms with E-state index in [2.05, 4.69) is 0 Å². The average molecular weight is 316 g/mol. The lowest BCUT2D eigenvalue weighted by Gasteiger charge is -2.12. The zero-order valence-electron chi connectivity index (χ0n) is 12.9. The largest absolute Gasteiger partial charge is 0.506 e. The van der Waals surface area contributed by atoms with Gasteiger partial charge in [0, 0.05) is 5.39 Å². The number of nitrogen functional groups attached to an aromatic ring is 2. The van der Waals surface area contributed by atoms with E-state index in [-0.39, 0.29) is 5.75 Å². The molecule has 0 aliphatic rings. The third kappa shape index (κ3) is 2.34. The second-order valence-electron chi connectivity index (χ2n) is 5.72. The van der Waals surface area contributed by atoms with Crippen LogP contribution < -0.4 is 16.2 Å². The smallest absolute Gasteiger partial charge is 0.150 e. The summed E-state index contributed by atoms with van der Waals surface area (Å²) in [4.78, 5) is 0. The highest BCUT2D eigenvalue weighted by Crippen LogP contribution is 2.35. The SMILES string of the molecule is Nc1cc2ccc(Oc3ccc4ccccc4c3N)cc2cc1O. The number of phenols is 1. The number of ether oxygens (including phenoxy) is 1. The summed E-state index contributed by atoms with van der Waals surface area (Å²) in [7, 11) is 0. The monoisotopic (exact) mass is 316 g/mol. The van der Waals surface area contributed by atoms with Gasteiger partial charge in [-0.15, -0.1) is 0 Å². The molecule has 4 heteroatoms. The van der Waals surface area contributed by atoms with Crippen molar-refractivity contribution in [2.75, 3.05) is 11.5 Å². The molecule has 0 radical (unpaired) electrons. The third-order valence-electron chi connectivity index (χ3n) is 4.12. The molecular formula is C20H16N2O2. The van der Waals surface area contributed by atoms with Crippen LogP contribution in [0, 0.1) is 0 Å². The third-order valence-corrected chi connectivity index (χ3v) is 4.12. The summed E-state index contributed by atoms with van der Waals surface area (Å²) in [6.45, 7) is 0. The van der Waals surface area contributed by atoms with Crippen molar-refractivity contribution in [2.45, 2.75) is 0 Å². The Kier molecular flexibility index (Phi) is 3.17. The second-order valence-corrected chi connectivity index (χ2v) is 5.72. The van der Waals surface area contributed by atoms with Crippen LogP contribution in [0.2, 0.25) is 0 Å². The van der Waals surface area contributed by atoms with Crippen LogP contribution in [0.25, 0.3) is 21.5 Å². The minimum absolute atomic E-state index is 0.0601. The Morgan fingerprint density at radius 3 is 2.42 bits per heavy atom. The van der Waals surface area contributed by atoms with Crippen molar-refractivity contribution in [3.63, 3.8) is 0 Å². The molecule has 0 aliphatic heterocycles. The van der Waals surface area contributed by atoms with Gasteiger partial charge >= 0.3 is 0 Å². The highest BCUT2D eigenvalue weighted by Gasteiger charge is 2.08. The van der Waals surface area contributed by atoms with Gasteiger partial charge in [-0.2, -0.15) is 0 Å². The molecule has 0 heterocycles. The van der Waals surface area contributed by atoms with Crippen molar-refractivity contribution in [2.24, 2.45) is 0 Å². The van der Waals surface area contributed by atoms with E-state index in [1.807, 2.05) is 54.6 Å². The van der Waals surface area contributed by atoms with Crippen LogP contribution >= 0.6 is 0 Å². The molecule has 0 saturated carbocycles. The molecule has 0 amide bonds.